The van der Waals surface area contributed by atoms with Gasteiger partial charge in [-0.3, -0.25) is 0 Å². The summed E-state index contributed by atoms with van der Waals surface area (Å²) in [4.78, 5) is 11.8. The Balaban J connectivity index is 1.82. The van der Waals surface area contributed by atoms with Crippen molar-refractivity contribution in [2.45, 2.75) is 13.3 Å². The minimum atomic E-state index is -0.241. The lowest BCUT2D eigenvalue weighted by atomic mass is 10.3. The standard InChI is InChI=1S/C19H24N2O4/c1-3-24-14-6-13-20-19(22)21-15-9-11-16(12-10-15)25-18-8-5-4-7-17(18)23-2/h4-5,7-12H,3,6,13-14H2,1-2H3,(H2,20,21,22). The first kappa shape index (κ1) is 18.6. The van der Waals surface area contributed by atoms with Crippen molar-refractivity contribution in [3.05, 3.63) is 48.5 Å². The van der Waals surface area contributed by atoms with Crippen LogP contribution in [0, 0.1) is 0 Å². The van der Waals surface area contributed by atoms with E-state index in [1.807, 2.05) is 31.2 Å². The number of ether oxygens (including phenoxy) is 3. The van der Waals surface area contributed by atoms with Crippen LogP contribution in [0.3, 0.4) is 0 Å². The summed E-state index contributed by atoms with van der Waals surface area (Å²) in [6.07, 6.45) is 0.785. The number of rotatable bonds is 9. The summed E-state index contributed by atoms with van der Waals surface area (Å²) in [6.45, 7) is 3.85. The normalized spacial score (nSPS) is 10.2. The Morgan fingerprint density at radius 1 is 1.04 bits per heavy atom. The molecular formula is C19H24N2O4. The zero-order chi connectivity index (χ0) is 17.9. The summed E-state index contributed by atoms with van der Waals surface area (Å²) < 4.78 is 16.3. The van der Waals surface area contributed by atoms with Crippen molar-refractivity contribution in [1.82, 2.24) is 5.32 Å². The van der Waals surface area contributed by atoms with Crippen LogP contribution in [-0.2, 0) is 4.74 Å². The molecule has 6 nitrogen and oxygen atoms in total. The van der Waals surface area contributed by atoms with Gasteiger partial charge in [0.05, 0.1) is 7.11 Å². The molecule has 6 heteroatoms. The van der Waals surface area contributed by atoms with Crippen molar-refractivity contribution in [2.75, 3.05) is 32.2 Å². The second-order valence-electron chi connectivity index (χ2n) is 5.21. The first-order chi connectivity index (χ1) is 12.2. The summed E-state index contributed by atoms with van der Waals surface area (Å²) in [6, 6.07) is 14.3. The van der Waals surface area contributed by atoms with Crippen LogP contribution in [0.2, 0.25) is 0 Å². The van der Waals surface area contributed by atoms with E-state index < -0.39 is 0 Å². The second kappa shape index (κ2) is 10.2. The molecule has 2 rings (SSSR count). The molecule has 0 atom stereocenters. The number of amides is 2. The Bertz CT molecular complexity index is 659. The predicted molar refractivity (Wildman–Crippen MR) is 97.6 cm³/mol. The maximum absolute atomic E-state index is 11.8. The second-order valence-corrected chi connectivity index (χ2v) is 5.21. The van der Waals surface area contributed by atoms with E-state index in [9.17, 15) is 4.79 Å². The molecular weight excluding hydrogens is 320 g/mol. The summed E-state index contributed by atoms with van der Waals surface area (Å²) in [5, 5.41) is 5.56. The molecule has 0 aromatic heterocycles. The summed E-state index contributed by atoms with van der Waals surface area (Å²) in [5.74, 6) is 1.96. The lowest BCUT2D eigenvalue weighted by Crippen LogP contribution is -2.30. The fraction of sp³-hybridized carbons (Fsp3) is 0.316. The van der Waals surface area contributed by atoms with Gasteiger partial charge in [0, 0.05) is 25.4 Å². The number of hydrogen-bond donors (Lipinski definition) is 2. The molecule has 0 unspecified atom stereocenters. The number of para-hydroxylation sites is 2. The van der Waals surface area contributed by atoms with Gasteiger partial charge in [0.15, 0.2) is 11.5 Å². The van der Waals surface area contributed by atoms with Gasteiger partial charge in [-0.2, -0.15) is 0 Å². The Morgan fingerprint density at radius 2 is 1.76 bits per heavy atom. The molecule has 2 N–H and O–H groups in total. The van der Waals surface area contributed by atoms with Gasteiger partial charge >= 0.3 is 6.03 Å². The van der Waals surface area contributed by atoms with Gasteiger partial charge in [0.1, 0.15) is 5.75 Å². The predicted octanol–water partition coefficient (Wildman–Crippen LogP) is 4.04. The lowest BCUT2D eigenvalue weighted by molar-refractivity contribution is 0.145. The number of urea groups is 1. The number of carbonyl (C=O) groups excluding carboxylic acids is 1. The number of carbonyl (C=O) groups is 1. The highest BCUT2D eigenvalue weighted by Gasteiger charge is 2.05. The number of nitrogens with one attached hydrogen (secondary N) is 2. The molecule has 0 saturated heterocycles. The molecule has 0 saturated carbocycles. The van der Waals surface area contributed by atoms with Crippen molar-refractivity contribution in [3.63, 3.8) is 0 Å². The number of anilines is 1. The smallest absolute Gasteiger partial charge is 0.319 e. The van der Waals surface area contributed by atoms with Crippen LogP contribution in [0.25, 0.3) is 0 Å². The van der Waals surface area contributed by atoms with Crippen LogP contribution < -0.4 is 20.1 Å². The molecule has 2 aromatic carbocycles. The molecule has 2 amide bonds. The first-order valence-electron chi connectivity index (χ1n) is 8.26. The van der Waals surface area contributed by atoms with Gasteiger partial charge in [-0.15, -0.1) is 0 Å². The molecule has 0 bridgehead atoms. The van der Waals surface area contributed by atoms with E-state index in [1.165, 1.54) is 0 Å². The summed E-state index contributed by atoms with van der Waals surface area (Å²) in [7, 11) is 1.60. The monoisotopic (exact) mass is 344 g/mol. The summed E-state index contributed by atoms with van der Waals surface area (Å²) >= 11 is 0. The molecule has 2 aromatic rings. The molecule has 0 radical (unpaired) electrons. The van der Waals surface area contributed by atoms with E-state index in [-0.39, 0.29) is 6.03 Å². The molecule has 0 aliphatic carbocycles. The minimum Gasteiger partial charge on any atom is -0.493 e. The zero-order valence-corrected chi connectivity index (χ0v) is 14.6. The molecule has 0 spiro atoms. The molecule has 0 aliphatic heterocycles. The van der Waals surface area contributed by atoms with Gasteiger partial charge in [0.25, 0.3) is 0 Å². The van der Waals surface area contributed by atoms with Gasteiger partial charge in [-0.25, -0.2) is 4.79 Å². The third kappa shape index (κ3) is 6.35. The van der Waals surface area contributed by atoms with Crippen molar-refractivity contribution < 1.29 is 19.0 Å². The highest BCUT2D eigenvalue weighted by Crippen LogP contribution is 2.31. The number of benzene rings is 2. The zero-order valence-electron chi connectivity index (χ0n) is 14.6. The summed E-state index contributed by atoms with van der Waals surface area (Å²) in [5.41, 5.74) is 0.690. The quantitative estimate of drug-likeness (QED) is 0.674. The topological polar surface area (TPSA) is 68.8 Å². The highest BCUT2D eigenvalue weighted by atomic mass is 16.5. The number of hydrogen-bond acceptors (Lipinski definition) is 4. The van der Waals surface area contributed by atoms with Crippen LogP contribution in [0.4, 0.5) is 10.5 Å². The largest absolute Gasteiger partial charge is 0.493 e. The Kier molecular flexibility index (Phi) is 7.59. The van der Waals surface area contributed by atoms with Gasteiger partial charge < -0.3 is 24.8 Å². The van der Waals surface area contributed by atoms with Gasteiger partial charge in [0.2, 0.25) is 0 Å². The van der Waals surface area contributed by atoms with E-state index in [4.69, 9.17) is 14.2 Å². The number of methoxy groups -OCH3 is 1. The van der Waals surface area contributed by atoms with Crippen molar-refractivity contribution in [2.24, 2.45) is 0 Å². The fourth-order valence-corrected chi connectivity index (χ4v) is 2.13. The first-order valence-corrected chi connectivity index (χ1v) is 8.26. The van der Waals surface area contributed by atoms with Gasteiger partial charge in [-0.05, 0) is 49.7 Å². The minimum absolute atomic E-state index is 0.241. The van der Waals surface area contributed by atoms with Crippen molar-refractivity contribution in [3.8, 4) is 17.2 Å². The molecule has 134 valence electrons. The van der Waals surface area contributed by atoms with Crippen LogP contribution >= 0.6 is 0 Å². The van der Waals surface area contributed by atoms with Crippen molar-refractivity contribution in [1.29, 1.82) is 0 Å². The fourth-order valence-electron chi connectivity index (χ4n) is 2.13. The Labute approximate surface area is 148 Å². The Hall–Kier alpha value is -2.73. The maximum Gasteiger partial charge on any atom is 0.319 e. The average molecular weight is 344 g/mol. The molecule has 0 fully saturated rings. The van der Waals surface area contributed by atoms with E-state index in [0.717, 1.165) is 6.42 Å². The third-order valence-corrected chi connectivity index (χ3v) is 3.36. The van der Waals surface area contributed by atoms with Crippen LogP contribution in [-0.4, -0.2) is 32.9 Å². The molecule has 0 heterocycles. The van der Waals surface area contributed by atoms with Gasteiger partial charge in [-0.1, -0.05) is 12.1 Å². The van der Waals surface area contributed by atoms with Crippen LogP contribution in [0.1, 0.15) is 13.3 Å². The van der Waals surface area contributed by atoms with Crippen molar-refractivity contribution >= 4 is 11.7 Å². The third-order valence-electron chi connectivity index (χ3n) is 3.36. The van der Waals surface area contributed by atoms with E-state index >= 15 is 0 Å². The van der Waals surface area contributed by atoms with E-state index in [1.54, 1.807) is 31.4 Å². The van der Waals surface area contributed by atoms with Crippen LogP contribution in [0.5, 0.6) is 17.2 Å². The SMILES string of the molecule is CCOCCCNC(=O)Nc1ccc(Oc2ccccc2OC)cc1. The van der Waals surface area contributed by atoms with Crippen LogP contribution in [0.15, 0.2) is 48.5 Å². The Morgan fingerprint density at radius 3 is 2.44 bits per heavy atom. The average Bonchev–Trinajstić information content (AvgIpc) is 2.63. The molecule has 25 heavy (non-hydrogen) atoms. The van der Waals surface area contributed by atoms with E-state index in [0.29, 0.717) is 42.7 Å². The molecule has 0 aliphatic rings. The lowest BCUT2D eigenvalue weighted by Gasteiger charge is -2.11. The van der Waals surface area contributed by atoms with E-state index in [2.05, 4.69) is 10.6 Å². The highest BCUT2D eigenvalue weighted by molar-refractivity contribution is 5.89. The maximum atomic E-state index is 11.8.